The average molecular weight is 443 g/mol. The molecule has 6 nitrogen and oxygen atoms in total. The maximum absolute atomic E-state index is 13.6. The number of benzene rings is 2. The number of amides is 1. The molecule has 1 unspecified atom stereocenters. The molecule has 1 atom stereocenters. The van der Waals surface area contributed by atoms with Gasteiger partial charge in [0.25, 0.3) is 5.91 Å². The van der Waals surface area contributed by atoms with Crippen molar-refractivity contribution in [1.82, 2.24) is 9.97 Å². The first-order chi connectivity index (χ1) is 15.5. The van der Waals surface area contributed by atoms with Crippen LogP contribution in [0.15, 0.2) is 71.9 Å². The number of aryl methyl sites for hydroxylation is 2. The molecule has 2 N–H and O–H groups in total. The number of carbonyl (C=O) groups excluding carboxylic acids is 1. The fourth-order valence-electron chi connectivity index (χ4n) is 4.24. The van der Waals surface area contributed by atoms with Gasteiger partial charge in [-0.1, -0.05) is 18.2 Å². The summed E-state index contributed by atoms with van der Waals surface area (Å²) in [6.07, 6.45) is 3.95. The van der Waals surface area contributed by atoms with Gasteiger partial charge in [-0.3, -0.25) is 14.0 Å². The summed E-state index contributed by atoms with van der Waals surface area (Å²) in [5, 5.41) is 1.02. The standard InChI is InChI=1S/C25H22N4O2S/c1-16-12-17(13-21-20(16)7-8-23(26)28-21)15-29(25(30)19-5-3-10-27-14-19)22-6-2-4-18-9-11-32(31)24(18)22/h2-8,10,12-14H,9,11,15H2,1H3,(H2,26,28). The Bertz CT molecular complexity index is 1370. The summed E-state index contributed by atoms with van der Waals surface area (Å²) < 4.78 is 12.8. The Morgan fingerprint density at radius 2 is 2.03 bits per heavy atom. The third-order valence-corrected chi connectivity index (χ3v) is 7.24. The van der Waals surface area contributed by atoms with E-state index in [1.54, 1.807) is 35.5 Å². The molecule has 0 saturated heterocycles. The van der Waals surface area contributed by atoms with Gasteiger partial charge < -0.3 is 10.6 Å². The van der Waals surface area contributed by atoms with E-state index in [0.717, 1.165) is 38.9 Å². The highest BCUT2D eigenvalue weighted by Crippen LogP contribution is 2.34. The molecule has 32 heavy (non-hydrogen) atoms. The van der Waals surface area contributed by atoms with Crippen LogP contribution in [0.5, 0.6) is 0 Å². The van der Waals surface area contributed by atoms with Crippen LogP contribution in [0.4, 0.5) is 11.5 Å². The summed E-state index contributed by atoms with van der Waals surface area (Å²) in [6.45, 7) is 2.33. The number of nitrogens with zero attached hydrogens (tertiary/aromatic N) is 3. The quantitative estimate of drug-likeness (QED) is 0.515. The van der Waals surface area contributed by atoms with Gasteiger partial charge in [0.05, 0.1) is 39.0 Å². The Labute approximate surface area is 188 Å². The largest absolute Gasteiger partial charge is 0.384 e. The number of aromatic nitrogens is 2. The van der Waals surface area contributed by atoms with Gasteiger partial charge in [0.2, 0.25) is 0 Å². The first kappa shape index (κ1) is 20.3. The summed E-state index contributed by atoms with van der Waals surface area (Å²) in [5.74, 6) is 0.849. The topological polar surface area (TPSA) is 89.2 Å². The van der Waals surface area contributed by atoms with Crippen LogP contribution in [0.2, 0.25) is 0 Å². The summed E-state index contributed by atoms with van der Waals surface area (Å²) >= 11 is 0. The van der Waals surface area contributed by atoms with Gasteiger partial charge in [0, 0.05) is 23.5 Å². The number of hydrogen-bond donors (Lipinski definition) is 1. The molecule has 0 spiro atoms. The number of fused-ring (bicyclic) bond motifs is 2. The van der Waals surface area contributed by atoms with E-state index in [4.69, 9.17) is 5.73 Å². The Balaban J connectivity index is 1.63. The van der Waals surface area contributed by atoms with Crippen molar-refractivity contribution in [3.63, 3.8) is 0 Å². The predicted octanol–water partition coefficient (Wildman–Crippen LogP) is 4.03. The fraction of sp³-hybridized carbons (Fsp3) is 0.160. The molecule has 0 aliphatic carbocycles. The lowest BCUT2D eigenvalue weighted by molar-refractivity contribution is 0.0984. The van der Waals surface area contributed by atoms with E-state index in [9.17, 15) is 9.00 Å². The molecule has 0 radical (unpaired) electrons. The van der Waals surface area contributed by atoms with E-state index in [0.29, 0.717) is 29.4 Å². The highest BCUT2D eigenvalue weighted by molar-refractivity contribution is 7.85. The van der Waals surface area contributed by atoms with Crippen molar-refractivity contribution in [2.24, 2.45) is 0 Å². The lowest BCUT2D eigenvalue weighted by atomic mass is 10.0. The molecule has 1 aliphatic rings. The van der Waals surface area contributed by atoms with Crippen molar-refractivity contribution in [3.05, 3.63) is 89.2 Å². The maximum atomic E-state index is 13.6. The number of anilines is 2. The van der Waals surface area contributed by atoms with Gasteiger partial charge in [-0.25, -0.2) is 4.98 Å². The van der Waals surface area contributed by atoms with Crippen LogP contribution in [-0.2, 0) is 23.8 Å². The van der Waals surface area contributed by atoms with E-state index in [2.05, 4.69) is 16.0 Å². The number of carbonyl (C=O) groups is 1. The highest BCUT2D eigenvalue weighted by atomic mass is 32.2. The average Bonchev–Trinajstić information content (AvgIpc) is 3.18. The van der Waals surface area contributed by atoms with Crippen LogP contribution < -0.4 is 10.6 Å². The van der Waals surface area contributed by atoms with E-state index >= 15 is 0 Å². The van der Waals surface area contributed by atoms with Crippen molar-refractivity contribution in [3.8, 4) is 0 Å². The molecule has 4 aromatic rings. The minimum absolute atomic E-state index is 0.186. The molecule has 5 rings (SSSR count). The number of nitrogens with two attached hydrogens (primary N) is 1. The molecule has 0 bridgehead atoms. The summed E-state index contributed by atoms with van der Waals surface area (Å²) in [6, 6.07) is 17.0. The zero-order valence-electron chi connectivity index (χ0n) is 17.6. The van der Waals surface area contributed by atoms with Gasteiger partial charge in [-0.2, -0.15) is 0 Å². The van der Waals surface area contributed by atoms with Gasteiger partial charge in [-0.15, -0.1) is 0 Å². The van der Waals surface area contributed by atoms with E-state index in [-0.39, 0.29) is 5.91 Å². The van der Waals surface area contributed by atoms with E-state index in [1.165, 1.54) is 0 Å². The Kier molecular flexibility index (Phi) is 5.19. The van der Waals surface area contributed by atoms with Crippen LogP contribution in [0.3, 0.4) is 0 Å². The van der Waals surface area contributed by atoms with Crippen LogP contribution in [0.25, 0.3) is 10.9 Å². The minimum atomic E-state index is -1.13. The second kappa shape index (κ2) is 8.16. The molecule has 0 fully saturated rings. The molecule has 3 heterocycles. The monoisotopic (exact) mass is 442 g/mol. The summed E-state index contributed by atoms with van der Waals surface area (Å²) in [4.78, 5) is 24.6. The molecule has 2 aromatic carbocycles. The highest BCUT2D eigenvalue weighted by Gasteiger charge is 2.28. The van der Waals surface area contributed by atoms with E-state index in [1.807, 2.05) is 37.3 Å². The van der Waals surface area contributed by atoms with Crippen molar-refractivity contribution in [2.75, 3.05) is 16.4 Å². The Morgan fingerprint density at radius 3 is 2.84 bits per heavy atom. The van der Waals surface area contributed by atoms with Crippen LogP contribution >= 0.6 is 0 Å². The molecular formula is C25H22N4O2S. The first-order valence-corrected chi connectivity index (χ1v) is 11.7. The van der Waals surface area contributed by atoms with Gasteiger partial charge >= 0.3 is 0 Å². The maximum Gasteiger partial charge on any atom is 0.260 e. The molecule has 0 saturated carbocycles. The normalized spacial score (nSPS) is 15.0. The molecule has 1 aliphatic heterocycles. The fourth-order valence-corrected chi connectivity index (χ4v) is 5.72. The van der Waals surface area contributed by atoms with Gasteiger partial charge in [0.1, 0.15) is 5.82 Å². The number of hydrogen-bond acceptors (Lipinski definition) is 5. The van der Waals surface area contributed by atoms with Crippen molar-refractivity contribution < 1.29 is 9.00 Å². The Morgan fingerprint density at radius 1 is 1.16 bits per heavy atom. The number of nitrogen functional groups attached to an aromatic ring is 1. The zero-order valence-corrected chi connectivity index (χ0v) is 18.4. The van der Waals surface area contributed by atoms with E-state index < -0.39 is 10.8 Å². The van der Waals surface area contributed by atoms with Crippen LogP contribution in [-0.4, -0.2) is 25.8 Å². The second-order valence-corrected chi connectivity index (χ2v) is 9.42. The zero-order chi connectivity index (χ0) is 22.2. The Hall–Kier alpha value is -3.58. The number of pyridine rings is 2. The smallest absolute Gasteiger partial charge is 0.260 e. The van der Waals surface area contributed by atoms with Gasteiger partial charge in [-0.05, 0) is 66.4 Å². The van der Waals surface area contributed by atoms with Crippen LogP contribution in [0.1, 0.15) is 27.0 Å². The predicted molar refractivity (Wildman–Crippen MR) is 127 cm³/mol. The second-order valence-electron chi connectivity index (χ2n) is 7.91. The van der Waals surface area contributed by atoms with Crippen LogP contribution in [0, 0.1) is 6.92 Å². The van der Waals surface area contributed by atoms with Gasteiger partial charge in [0.15, 0.2) is 0 Å². The molecule has 1 amide bonds. The molecule has 160 valence electrons. The lowest BCUT2D eigenvalue weighted by Crippen LogP contribution is -2.31. The third-order valence-electron chi connectivity index (χ3n) is 5.74. The third kappa shape index (κ3) is 3.65. The van der Waals surface area contributed by atoms with Crippen molar-refractivity contribution in [2.45, 2.75) is 24.8 Å². The summed E-state index contributed by atoms with van der Waals surface area (Å²) in [5.41, 5.74) is 10.9. The SMILES string of the molecule is Cc1cc(CN(C(=O)c2cccnc2)c2cccc3c2S(=O)CC3)cc2nc(N)ccc12. The lowest BCUT2D eigenvalue weighted by Gasteiger charge is -2.25. The number of rotatable bonds is 4. The summed E-state index contributed by atoms with van der Waals surface area (Å²) in [7, 11) is -1.13. The minimum Gasteiger partial charge on any atom is -0.384 e. The molecular weight excluding hydrogens is 420 g/mol. The molecule has 7 heteroatoms. The first-order valence-electron chi connectivity index (χ1n) is 10.4. The van der Waals surface area contributed by atoms with Crippen molar-refractivity contribution in [1.29, 1.82) is 0 Å². The molecule has 2 aromatic heterocycles. The van der Waals surface area contributed by atoms with Crippen molar-refractivity contribution >= 4 is 39.1 Å².